The van der Waals surface area contributed by atoms with E-state index in [4.69, 9.17) is 5.73 Å². The van der Waals surface area contributed by atoms with Crippen molar-refractivity contribution < 1.29 is 8.42 Å². The summed E-state index contributed by atoms with van der Waals surface area (Å²) in [6, 6.07) is 5.33. The number of hydrogen-bond donors (Lipinski definition) is 1. The van der Waals surface area contributed by atoms with Crippen molar-refractivity contribution in [1.29, 1.82) is 0 Å². The first kappa shape index (κ1) is 14.5. The molecule has 1 aliphatic heterocycles. The molecule has 5 heteroatoms. The van der Waals surface area contributed by atoms with Gasteiger partial charge < -0.3 is 5.73 Å². The van der Waals surface area contributed by atoms with Crippen molar-refractivity contribution in [3.05, 3.63) is 29.3 Å². The molecule has 0 atom stereocenters. The third kappa shape index (κ3) is 2.42. The predicted octanol–water partition coefficient (Wildman–Crippen LogP) is 2.02. The standard InChI is InChI=1S/C14H22N2O2S/c1-11-12(10-15)6-4-7-13(11)19(17,18)16-9-5-8-14(16,2)3/h4,6-7H,5,8-10,15H2,1-3H3. The number of nitrogens with zero attached hydrogens (tertiary/aromatic N) is 1. The zero-order valence-electron chi connectivity index (χ0n) is 11.8. The molecule has 2 N–H and O–H groups in total. The molecule has 1 saturated heterocycles. The molecule has 1 aliphatic rings. The Labute approximate surface area is 115 Å². The summed E-state index contributed by atoms with van der Waals surface area (Å²) in [5, 5.41) is 0. The largest absolute Gasteiger partial charge is 0.326 e. The van der Waals surface area contributed by atoms with Gasteiger partial charge in [0.1, 0.15) is 0 Å². The highest BCUT2D eigenvalue weighted by atomic mass is 32.2. The van der Waals surface area contributed by atoms with Gasteiger partial charge in [0, 0.05) is 18.6 Å². The Balaban J connectivity index is 2.52. The summed E-state index contributed by atoms with van der Waals surface area (Å²) >= 11 is 0. The van der Waals surface area contributed by atoms with Crippen LogP contribution >= 0.6 is 0 Å². The van der Waals surface area contributed by atoms with E-state index >= 15 is 0 Å². The molecule has 0 unspecified atom stereocenters. The number of nitrogens with two attached hydrogens (primary N) is 1. The monoisotopic (exact) mass is 282 g/mol. The highest BCUT2D eigenvalue weighted by Crippen LogP contribution is 2.35. The molecule has 106 valence electrons. The van der Waals surface area contributed by atoms with Crippen LogP contribution in [0.3, 0.4) is 0 Å². The summed E-state index contributed by atoms with van der Waals surface area (Å²) in [6.07, 6.45) is 1.82. The fourth-order valence-corrected chi connectivity index (χ4v) is 4.92. The quantitative estimate of drug-likeness (QED) is 0.922. The lowest BCUT2D eigenvalue weighted by molar-refractivity contribution is 0.291. The zero-order chi connectivity index (χ0) is 14.3. The molecule has 0 aromatic heterocycles. The molecule has 1 aromatic carbocycles. The van der Waals surface area contributed by atoms with Crippen molar-refractivity contribution >= 4 is 10.0 Å². The Morgan fingerprint density at radius 3 is 2.58 bits per heavy atom. The molecule has 19 heavy (non-hydrogen) atoms. The topological polar surface area (TPSA) is 63.4 Å². The lowest BCUT2D eigenvalue weighted by Crippen LogP contribution is -2.42. The van der Waals surface area contributed by atoms with Crippen LogP contribution < -0.4 is 5.73 Å². The molecule has 0 amide bonds. The average molecular weight is 282 g/mol. The van der Waals surface area contributed by atoms with Gasteiger partial charge in [-0.1, -0.05) is 12.1 Å². The maximum atomic E-state index is 12.8. The molecule has 0 aliphatic carbocycles. The number of rotatable bonds is 3. The maximum Gasteiger partial charge on any atom is 0.243 e. The van der Waals surface area contributed by atoms with Crippen LogP contribution in [0.2, 0.25) is 0 Å². The van der Waals surface area contributed by atoms with Crippen molar-refractivity contribution in [1.82, 2.24) is 4.31 Å². The molecule has 0 saturated carbocycles. The van der Waals surface area contributed by atoms with E-state index in [1.807, 2.05) is 26.8 Å². The molecular weight excluding hydrogens is 260 g/mol. The maximum absolute atomic E-state index is 12.8. The first-order valence-corrected chi connectivity index (χ1v) is 8.06. The van der Waals surface area contributed by atoms with E-state index in [2.05, 4.69) is 0 Å². The Morgan fingerprint density at radius 2 is 2.05 bits per heavy atom. The van der Waals surface area contributed by atoms with Crippen molar-refractivity contribution in [3.8, 4) is 0 Å². The van der Waals surface area contributed by atoms with Gasteiger partial charge >= 0.3 is 0 Å². The van der Waals surface area contributed by atoms with Gasteiger partial charge in [-0.2, -0.15) is 4.31 Å². The van der Waals surface area contributed by atoms with Gasteiger partial charge in [0.25, 0.3) is 0 Å². The summed E-state index contributed by atoms with van der Waals surface area (Å²) in [4.78, 5) is 0.394. The Hall–Kier alpha value is -0.910. The van der Waals surface area contributed by atoms with Crippen LogP contribution in [-0.2, 0) is 16.6 Å². The van der Waals surface area contributed by atoms with Gasteiger partial charge in [-0.3, -0.25) is 0 Å². The highest BCUT2D eigenvalue weighted by Gasteiger charge is 2.41. The molecule has 1 fully saturated rings. The number of sulfonamides is 1. The number of benzene rings is 1. The predicted molar refractivity (Wildman–Crippen MR) is 76.3 cm³/mol. The minimum Gasteiger partial charge on any atom is -0.326 e. The molecule has 0 spiro atoms. The first-order chi connectivity index (χ1) is 8.80. The lowest BCUT2D eigenvalue weighted by atomic mass is 10.0. The van der Waals surface area contributed by atoms with Crippen LogP contribution in [0.4, 0.5) is 0 Å². The summed E-state index contributed by atoms with van der Waals surface area (Å²) in [5.41, 5.74) is 7.02. The Morgan fingerprint density at radius 1 is 1.37 bits per heavy atom. The van der Waals surface area contributed by atoms with Crippen LogP contribution in [0.25, 0.3) is 0 Å². The first-order valence-electron chi connectivity index (χ1n) is 6.62. The normalized spacial score (nSPS) is 19.8. The third-order valence-electron chi connectivity index (χ3n) is 4.01. The summed E-state index contributed by atoms with van der Waals surface area (Å²) < 4.78 is 27.3. The SMILES string of the molecule is Cc1c(CN)cccc1S(=O)(=O)N1CCCC1(C)C. The van der Waals surface area contributed by atoms with Crippen LogP contribution in [0, 0.1) is 6.92 Å². The Bertz CT molecular complexity index is 579. The molecular formula is C14H22N2O2S. The fourth-order valence-electron chi connectivity index (χ4n) is 2.81. The molecule has 0 radical (unpaired) electrons. The van der Waals surface area contributed by atoms with E-state index in [9.17, 15) is 8.42 Å². The van der Waals surface area contributed by atoms with Crippen molar-refractivity contribution in [2.45, 2.75) is 50.6 Å². The minimum absolute atomic E-state index is 0.302. The van der Waals surface area contributed by atoms with Crippen LogP contribution in [-0.4, -0.2) is 24.8 Å². The second-order valence-electron chi connectivity index (χ2n) is 5.74. The van der Waals surface area contributed by atoms with Crippen LogP contribution in [0.15, 0.2) is 23.1 Å². The zero-order valence-corrected chi connectivity index (χ0v) is 12.6. The fraction of sp³-hybridized carbons (Fsp3) is 0.571. The van der Waals surface area contributed by atoms with E-state index in [0.717, 1.165) is 24.0 Å². The highest BCUT2D eigenvalue weighted by molar-refractivity contribution is 7.89. The summed E-state index contributed by atoms with van der Waals surface area (Å²) in [6.45, 7) is 6.76. The van der Waals surface area contributed by atoms with E-state index in [0.29, 0.717) is 18.0 Å². The summed E-state index contributed by atoms with van der Waals surface area (Å²) in [5.74, 6) is 0. The van der Waals surface area contributed by atoms with E-state index in [1.54, 1.807) is 16.4 Å². The second kappa shape index (κ2) is 4.89. The van der Waals surface area contributed by atoms with Gasteiger partial charge in [-0.05, 0) is 50.8 Å². The van der Waals surface area contributed by atoms with E-state index < -0.39 is 10.0 Å². The van der Waals surface area contributed by atoms with Gasteiger partial charge in [-0.15, -0.1) is 0 Å². The van der Waals surface area contributed by atoms with Crippen molar-refractivity contribution in [3.63, 3.8) is 0 Å². The number of hydrogen-bond acceptors (Lipinski definition) is 3. The molecule has 2 rings (SSSR count). The molecule has 1 aromatic rings. The molecule has 0 bridgehead atoms. The van der Waals surface area contributed by atoms with Crippen LogP contribution in [0.5, 0.6) is 0 Å². The second-order valence-corrected chi connectivity index (χ2v) is 7.57. The average Bonchev–Trinajstić information content (AvgIpc) is 2.69. The van der Waals surface area contributed by atoms with Gasteiger partial charge in [0.05, 0.1) is 4.90 Å². The van der Waals surface area contributed by atoms with Crippen molar-refractivity contribution in [2.24, 2.45) is 5.73 Å². The van der Waals surface area contributed by atoms with Gasteiger partial charge in [0.15, 0.2) is 0 Å². The minimum atomic E-state index is -3.43. The van der Waals surface area contributed by atoms with Crippen molar-refractivity contribution in [2.75, 3.05) is 6.54 Å². The van der Waals surface area contributed by atoms with Gasteiger partial charge in [-0.25, -0.2) is 8.42 Å². The third-order valence-corrected chi connectivity index (χ3v) is 6.26. The molecule has 1 heterocycles. The van der Waals surface area contributed by atoms with Crippen LogP contribution in [0.1, 0.15) is 37.8 Å². The van der Waals surface area contributed by atoms with E-state index in [1.165, 1.54) is 0 Å². The van der Waals surface area contributed by atoms with Gasteiger partial charge in [0.2, 0.25) is 10.0 Å². The smallest absolute Gasteiger partial charge is 0.243 e. The molecule has 4 nitrogen and oxygen atoms in total. The van der Waals surface area contributed by atoms with E-state index in [-0.39, 0.29) is 5.54 Å². The Kier molecular flexibility index (Phi) is 3.73. The summed E-state index contributed by atoms with van der Waals surface area (Å²) in [7, 11) is -3.43. The lowest BCUT2D eigenvalue weighted by Gasteiger charge is -2.31.